The zero-order valence-corrected chi connectivity index (χ0v) is 15.3. The van der Waals surface area contributed by atoms with Crippen LogP contribution < -0.4 is 0 Å². The molecule has 1 aliphatic rings. The van der Waals surface area contributed by atoms with Crippen molar-refractivity contribution >= 4 is 22.9 Å². The van der Waals surface area contributed by atoms with Gasteiger partial charge in [-0.3, -0.25) is 4.90 Å². The molecule has 4 rings (SSSR count). The number of H-pyrrole nitrogens is 1. The van der Waals surface area contributed by atoms with E-state index in [2.05, 4.69) is 52.5 Å². The Morgan fingerprint density at radius 1 is 1.19 bits per heavy atom. The highest BCUT2D eigenvalue weighted by molar-refractivity contribution is 5.85. The van der Waals surface area contributed by atoms with Crippen LogP contribution in [-0.2, 0) is 17.8 Å². The molecule has 1 fully saturated rings. The number of fused-ring (bicyclic) bond motifs is 1. The van der Waals surface area contributed by atoms with Crippen LogP contribution in [0.3, 0.4) is 0 Å². The fourth-order valence-corrected chi connectivity index (χ4v) is 4.02. The minimum atomic E-state index is -0.920. The maximum absolute atomic E-state index is 10.6. The summed E-state index contributed by atoms with van der Waals surface area (Å²) in [7, 11) is 0. The molecule has 2 N–H and O–H groups in total. The maximum Gasteiger partial charge on any atom is 0.328 e. The minimum absolute atomic E-state index is 0.566. The van der Waals surface area contributed by atoms with Gasteiger partial charge in [-0.15, -0.1) is 0 Å². The normalized spacial score (nSPS) is 17.9. The average molecular weight is 360 g/mol. The molecule has 27 heavy (non-hydrogen) atoms. The van der Waals surface area contributed by atoms with Crippen LogP contribution in [0.1, 0.15) is 29.5 Å². The van der Waals surface area contributed by atoms with Crippen molar-refractivity contribution < 1.29 is 9.90 Å². The Morgan fingerprint density at radius 3 is 2.81 bits per heavy atom. The van der Waals surface area contributed by atoms with Crippen LogP contribution >= 0.6 is 0 Å². The number of nitrogens with one attached hydrogen (secondary N) is 1. The highest BCUT2D eigenvalue weighted by Crippen LogP contribution is 2.27. The molecule has 1 aromatic heterocycles. The highest BCUT2D eigenvalue weighted by Gasteiger charge is 2.25. The molecule has 0 bridgehead atoms. The summed E-state index contributed by atoms with van der Waals surface area (Å²) >= 11 is 0. The maximum atomic E-state index is 10.6. The predicted molar refractivity (Wildman–Crippen MR) is 109 cm³/mol. The van der Waals surface area contributed by atoms with Crippen LogP contribution in [0.2, 0.25) is 0 Å². The number of hydrogen-bond donors (Lipinski definition) is 2. The molecule has 0 aliphatic carbocycles. The molecule has 1 saturated heterocycles. The number of likely N-dealkylation sites (tertiary alicyclic amines) is 1. The van der Waals surface area contributed by atoms with Crippen LogP contribution in [0.25, 0.3) is 17.0 Å². The number of aromatic amines is 1. The number of para-hydroxylation sites is 1. The van der Waals surface area contributed by atoms with Crippen LogP contribution in [-0.4, -0.2) is 33.5 Å². The predicted octanol–water partition coefficient (Wildman–Crippen LogP) is 4.47. The molecule has 0 radical (unpaired) electrons. The van der Waals surface area contributed by atoms with Crippen molar-refractivity contribution in [2.75, 3.05) is 6.54 Å². The lowest BCUT2D eigenvalue weighted by Gasteiger charge is -2.24. The van der Waals surface area contributed by atoms with E-state index in [0.717, 1.165) is 25.1 Å². The molecule has 0 saturated carbocycles. The van der Waals surface area contributed by atoms with E-state index in [1.165, 1.54) is 40.9 Å². The lowest BCUT2D eigenvalue weighted by Crippen LogP contribution is -2.30. The summed E-state index contributed by atoms with van der Waals surface area (Å²) in [5.74, 6) is -0.920. The Kier molecular flexibility index (Phi) is 5.07. The van der Waals surface area contributed by atoms with Crippen LogP contribution in [0.5, 0.6) is 0 Å². The van der Waals surface area contributed by atoms with Crippen LogP contribution in [0.15, 0.2) is 60.8 Å². The Hall–Kier alpha value is -2.85. The SMILES string of the molecule is O=C(O)/C=C/c1ccc(CN2CCC[C@@H]2Cc2c[nH]c3ccccc23)cc1. The van der Waals surface area contributed by atoms with E-state index in [1.54, 1.807) is 6.08 Å². The second-order valence-corrected chi connectivity index (χ2v) is 7.24. The smallest absolute Gasteiger partial charge is 0.328 e. The van der Waals surface area contributed by atoms with Crippen molar-refractivity contribution in [2.45, 2.75) is 31.8 Å². The first kappa shape index (κ1) is 17.6. The molecule has 1 aliphatic heterocycles. The number of carbonyl (C=O) groups is 1. The standard InChI is InChI=1S/C23H24N2O2/c26-23(27)12-11-17-7-9-18(10-8-17)16-25-13-3-4-20(25)14-19-15-24-22-6-2-1-5-21(19)22/h1-2,5-12,15,20,24H,3-4,13-14,16H2,(H,26,27)/b12-11+/t20-/m1/s1. The third kappa shape index (κ3) is 4.12. The van der Waals surface area contributed by atoms with Crippen LogP contribution in [0, 0.1) is 0 Å². The van der Waals surface area contributed by atoms with Gasteiger partial charge in [-0.25, -0.2) is 4.79 Å². The summed E-state index contributed by atoms with van der Waals surface area (Å²) in [5.41, 5.74) is 4.80. The van der Waals surface area contributed by atoms with Gasteiger partial charge in [0, 0.05) is 35.8 Å². The second-order valence-electron chi connectivity index (χ2n) is 7.24. The van der Waals surface area contributed by atoms with Gasteiger partial charge in [-0.1, -0.05) is 42.5 Å². The van der Waals surface area contributed by atoms with Crippen molar-refractivity contribution in [2.24, 2.45) is 0 Å². The minimum Gasteiger partial charge on any atom is -0.478 e. The number of aromatic nitrogens is 1. The number of carboxylic acids is 1. The van der Waals surface area contributed by atoms with Gasteiger partial charge in [-0.05, 0) is 54.6 Å². The quantitative estimate of drug-likeness (QED) is 0.638. The molecule has 0 amide bonds. The van der Waals surface area contributed by atoms with Crippen molar-refractivity contribution in [1.82, 2.24) is 9.88 Å². The molecule has 0 unspecified atom stereocenters. The van der Waals surface area contributed by atoms with E-state index in [4.69, 9.17) is 5.11 Å². The van der Waals surface area contributed by atoms with Gasteiger partial charge in [0.15, 0.2) is 0 Å². The molecule has 4 nitrogen and oxygen atoms in total. The monoisotopic (exact) mass is 360 g/mol. The van der Waals surface area contributed by atoms with E-state index in [1.807, 2.05) is 12.1 Å². The van der Waals surface area contributed by atoms with Gasteiger partial charge in [-0.2, -0.15) is 0 Å². The van der Waals surface area contributed by atoms with E-state index >= 15 is 0 Å². The fourth-order valence-electron chi connectivity index (χ4n) is 4.02. The lowest BCUT2D eigenvalue weighted by molar-refractivity contribution is -0.131. The van der Waals surface area contributed by atoms with Crippen molar-refractivity contribution in [3.63, 3.8) is 0 Å². The van der Waals surface area contributed by atoms with Gasteiger partial charge in [0.05, 0.1) is 0 Å². The Bertz CT molecular complexity index is 956. The molecule has 1 atom stereocenters. The Balaban J connectivity index is 1.43. The van der Waals surface area contributed by atoms with Crippen molar-refractivity contribution in [1.29, 1.82) is 0 Å². The molecule has 2 aromatic carbocycles. The number of hydrogen-bond acceptors (Lipinski definition) is 2. The third-order valence-corrected chi connectivity index (χ3v) is 5.41. The van der Waals surface area contributed by atoms with Gasteiger partial charge < -0.3 is 10.1 Å². The summed E-state index contributed by atoms with van der Waals surface area (Å²) in [6.45, 7) is 2.07. The average Bonchev–Trinajstić information content (AvgIpc) is 3.29. The topological polar surface area (TPSA) is 56.3 Å². The summed E-state index contributed by atoms with van der Waals surface area (Å²) in [6, 6.07) is 17.2. The van der Waals surface area contributed by atoms with Gasteiger partial charge in [0.1, 0.15) is 0 Å². The number of aliphatic carboxylic acids is 1. The molecular formula is C23H24N2O2. The molecule has 4 heteroatoms. The zero-order valence-electron chi connectivity index (χ0n) is 15.3. The molecule has 2 heterocycles. The number of nitrogens with zero attached hydrogens (tertiary/aromatic N) is 1. The first-order chi connectivity index (χ1) is 13.2. The summed E-state index contributed by atoms with van der Waals surface area (Å²) in [5, 5.41) is 10.1. The molecule has 0 spiro atoms. The summed E-state index contributed by atoms with van der Waals surface area (Å²) in [4.78, 5) is 16.6. The van der Waals surface area contributed by atoms with Crippen molar-refractivity contribution in [3.8, 4) is 0 Å². The van der Waals surface area contributed by atoms with E-state index in [9.17, 15) is 4.79 Å². The Labute approximate surface area is 159 Å². The number of rotatable bonds is 6. The van der Waals surface area contributed by atoms with Crippen molar-refractivity contribution in [3.05, 3.63) is 77.5 Å². The molecule has 3 aromatic rings. The molecule has 138 valence electrons. The summed E-state index contributed by atoms with van der Waals surface area (Å²) in [6.07, 6.45) is 8.51. The zero-order chi connectivity index (χ0) is 18.6. The highest BCUT2D eigenvalue weighted by atomic mass is 16.4. The second kappa shape index (κ2) is 7.80. The lowest BCUT2D eigenvalue weighted by atomic mass is 10.0. The Morgan fingerprint density at radius 2 is 2.00 bits per heavy atom. The van der Waals surface area contributed by atoms with Crippen LogP contribution in [0.4, 0.5) is 0 Å². The van der Waals surface area contributed by atoms with Gasteiger partial charge in [0.25, 0.3) is 0 Å². The third-order valence-electron chi connectivity index (χ3n) is 5.41. The van der Waals surface area contributed by atoms with Gasteiger partial charge >= 0.3 is 5.97 Å². The summed E-state index contributed by atoms with van der Waals surface area (Å²) < 4.78 is 0. The van der Waals surface area contributed by atoms with E-state index in [0.29, 0.717) is 6.04 Å². The molecular weight excluding hydrogens is 336 g/mol. The number of carboxylic acid groups (broad SMARTS) is 1. The number of benzene rings is 2. The first-order valence-corrected chi connectivity index (χ1v) is 9.48. The first-order valence-electron chi connectivity index (χ1n) is 9.48. The fraction of sp³-hybridized carbons (Fsp3) is 0.261. The van der Waals surface area contributed by atoms with E-state index < -0.39 is 5.97 Å². The van der Waals surface area contributed by atoms with E-state index in [-0.39, 0.29) is 0 Å². The largest absolute Gasteiger partial charge is 0.478 e. The van der Waals surface area contributed by atoms with Gasteiger partial charge in [0.2, 0.25) is 0 Å².